The van der Waals surface area contributed by atoms with Crippen molar-refractivity contribution in [1.82, 2.24) is 8.87 Å². The zero-order chi connectivity index (χ0) is 23.9. The van der Waals surface area contributed by atoms with Gasteiger partial charge in [0.15, 0.2) is 5.58 Å². The Labute approximate surface area is 193 Å². The maximum atomic E-state index is 13.2. The number of aromatic nitrogens is 1. The fourth-order valence-electron chi connectivity index (χ4n) is 4.51. The summed E-state index contributed by atoms with van der Waals surface area (Å²) in [6.45, 7) is 8.60. The van der Waals surface area contributed by atoms with Crippen LogP contribution in [-0.4, -0.2) is 36.3 Å². The van der Waals surface area contributed by atoms with Crippen molar-refractivity contribution in [1.29, 1.82) is 0 Å². The van der Waals surface area contributed by atoms with Crippen molar-refractivity contribution < 1.29 is 17.6 Å². The number of rotatable bonds is 5. The molecule has 2 aromatic carbocycles. The molecule has 4 rings (SSSR count). The summed E-state index contributed by atoms with van der Waals surface area (Å²) >= 11 is 0. The van der Waals surface area contributed by atoms with E-state index in [-0.39, 0.29) is 34.8 Å². The van der Waals surface area contributed by atoms with Gasteiger partial charge in [0.05, 0.1) is 10.4 Å². The number of fused-ring (bicyclic) bond motifs is 1. The van der Waals surface area contributed by atoms with E-state index in [0.717, 1.165) is 17.5 Å². The lowest BCUT2D eigenvalue weighted by molar-refractivity contribution is -0.116. The van der Waals surface area contributed by atoms with Gasteiger partial charge in [-0.1, -0.05) is 26.0 Å². The number of benzene rings is 2. The average Bonchev–Trinajstić information content (AvgIpc) is 3.04. The van der Waals surface area contributed by atoms with E-state index in [1.807, 2.05) is 45.9 Å². The Morgan fingerprint density at radius 2 is 1.79 bits per heavy atom. The Morgan fingerprint density at radius 1 is 1.09 bits per heavy atom. The van der Waals surface area contributed by atoms with Crippen molar-refractivity contribution in [2.75, 3.05) is 18.4 Å². The zero-order valence-electron chi connectivity index (χ0n) is 19.3. The maximum absolute atomic E-state index is 13.2. The predicted molar refractivity (Wildman–Crippen MR) is 127 cm³/mol. The van der Waals surface area contributed by atoms with Crippen molar-refractivity contribution in [2.24, 2.45) is 11.8 Å². The molecule has 1 aliphatic heterocycles. The number of hydrogen-bond donors (Lipinski definition) is 1. The van der Waals surface area contributed by atoms with Gasteiger partial charge in [0.1, 0.15) is 6.54 Å². The maximum Gasteiger partial charge on any atom is 0.420 e. The Kier molecular flexibility index (Phi) is 6.20. The third-order valence-corrected chi connectivity index (χ3v) is 7.91. The Bertz CT molecular complexity index is 1360. The number of piperidine rings is 1. The first-order valence-corrected chi connectivity index (χ1v) is 12.5. The van der Waals surface area contributed by atoms with E-state index in [2.05, 4.69) is 5.32 Å². The Morgan fingerprint density at radius 3 is 2.48 bits per heavy atom. The molecule has 1 aliphatic rings. The van der Waals surface area contributed by atoms with Gasteiger partial charge < -0.3 is 9.73 Å². The van der Waals surface area contributed by atoms with Crippen LogP contribution in [0.15, 0.2) is 50.5 Å². The fraction of sp³-hybridized carbons (Fsp3) is 0.417. The molecule has 1 saturated heterocycles. The molecule has 2 heterocycles. The fourth-order valence-corrected chi connectivity index (χ4v) is 6.21. The van der Waals surface area contributed by atoms with Crippen LogP contribution in [0.25, 0.3) is 11.1 Å². The van der Waals surface area contributed by atoms with Crippen LogP contribution in [0.5, 0.6) is 0 Å². The molecule has 0 spiro atoms. The van der Waals surface area contributed by atoms with Gasteiger partial charge in [0, 0.05) is 24.8 Å². The summed E-state index contributed by atoms with van der Waals surface area (Å²) in [5.41, 5.74) is 3.11. The van der Waals surface area contributed by atoms with Crippen molar-refractivity contribution in [3.8, 4) is 0 Å². The van der Waals surface area contributed by atoms with Crippen LogP contribution in [0.1, 0.15) is 31.4 Å². The predicted octanol–water partition coefficient (Wildman–Crippen LogP) is 3.52. The summed E-state index contributed by atoms with van der Waals surface area (Å²) in [5, 5.41) is 2.83. The summed E-state index contributed by atoms with van der Waals surface area (Å²) in [5.74, 6) is -0.527. The lowest BCUT2D eigenvalue weighted by Crippen LogP contribution is -2.42. The first kappa shape index (κ1) is 23.3. The molecule has 0 bridgehead atoms. The van der Waals surface area contributed by atoms with E-state index in [1.54, 1.807) is 0 Å². The number of oxazole rings is 1. The standard InChI is InChI=1S/C24H29N3O5S/c1-15-5-6-18(4)20(10-15)25-23(28)14-27-21-8-7-19(11-22(21)32-24(27)29)33(30,31)26-12-16(2)9-17(3)13-26/h5-8,10-11,16-17H,9,12-14H2,1-4H3,(H,25,28)/t16-,17-/m0/s1. The van der Waals surface area contributed by atoms with Crippen LogP contribution in [0.2, 0.25) is 0 Å². The molecule has 33 heavy (non-hydrogen) atoms. The topological polar surface area (TPSA) is 102 Å². The average molecular weight is 472 g/mol. The molecule has 0 saturated carbocycles. The summed E-state index contributed by atoms with van der Waals surface area (Å²) in [6, 6.07) is 10.1. The van der Waals surface area contributed by atoms with E-state index in [0.29, 0.717) is 24.3 Å². The number of nitrogens with zero attached hydrogens (tertiary/aromatic N) is 2. The van der Waals surface area contributed by atoms with E-state index < -0.39 is 15.8 Å². The minimum Gasteiger partial charge on any atom is -0.408 e. The first-order valence-electron chi connectivity index (χ1n) is 11.0. The van der Waals surface area contributed by atoms with E-state index in [1.165, 1.54) is 27.1 Å². The highest BCUT2D eigenvalue weighted by atomic mass is 32.2. The number of nitrogens with one attached hydrogen (secondary N) is 1. The molecule has 176 valence electrons. The molecule has 3 aromatic rings. The second-order valence-electron chi connectivity index (χ2n) is 9.22. The van der Waals surface area contributed by atoms with Crippen LogP contribution in [0.3, 0.4) is 0 Å². The van der Waals surface area contributed by atoms with Crippen LogP contribution in [0, 0.1) is 25.7 Å². The lowest BCUT2D eigenvalue weighted by atomic mass is 9.94. The Hall–Kier alpha value is -2.91. The van der Waals surface area contributed by atoms with Crippen LogP contribution in [0.4, 0.5) is 5.69 Å². The number of anilines is 1. The van der Waals surface area contributed by atoms with Gasteiger partial charge in [0.25, 0.3) is 0 Å². The van der Waals surface area contributed by atoms with Gasteiger partial charge in [-0.15, -0.1) is 0 Å². The van der Waals surface area contributed by atoms with Crippen molar-refractivity contribution in [2.45, 2.75) is 45.6 Å². The van der Waals surface area contributed by atoms with Crippen LogP contribution < -0.4 is 11.1 Å². The van der Waals surface area contributed by atoms with E-state index in [9.17, 15) is 18.0 Å². The number of sulfonamides is 1. The summed E-state index contributed by atoms with van der Waals surface area (Å²) < 4.78 is 34.4. The molecular weight excluding hydrogens is 442 g/mol. The molecule has 2 atom stereocenters. The second kappa shape index (κ2) is 8.79. The van der Waals surface area contributed by atoms with Gasteiger partial charge in [-0.3, -0.25) is 9.36 Å². The third kappa shape index (κ3) is 4.74. The molecule has 8 nitrogen and oxygen atoms in total. The van der Waals surface area contributed by atoms with Gasteiger partial charge in [0.2, 0.25) is 15.9 Å². The number of hydrogen-bond acceptors (Lipinski definition) is 5. The molecule has 0 radical (unpaired) electrons. The SMILES string of the molecule is Cc1ccc(C)c(NC(=O)Cn2c(=O)oc3cc(S(=O)(=O)N4C[C@@H](C)C[C@H](C)C4)ccc32)c1. The highest BCUT2D eigenvalue weighted by Gasteiger charge is 2.32. The van der Waals surface area contributed by atoms with Crippen molar-refractivity contribution >= 4 is 32.7 Å². The molecule has 1 amide bonds. The quantitative estimate of drug-likeness (QED) is 0.614. The van der Waals surface area contributed by atoms with Crippen molar-refractivity contribution in [3.05, 3.63) is 58.1 Å². The molecular formula is C24H29N3O5S. The summed E-state index contributed by atoms with van der Waals surface area (Å²) in [6.07, 6.45) is 0.993. The molecule has 9 heteroatoms. The summed E-state index contributed by atoms with van der Waals surface area (Å²) in [4.78, 5) is 25.2. The summed E-state index contributed by atoms with van der Waals surface area (Å²) in [7, 11) is -3.71. The van der Waals surface area contributed by atoms with E-state index >= 15 is 0 Å². The number of amides is 1. The van der Waals surface area contributed by atoms with Crippen molar-refractivity contribution in [3.63, 3.8) is 0 Å². The lowest BCUT2D eigenvalue weighted by Gasteiger charge is -2.34. The molecule has 1 N–H and O–H groups in total. The number of carbonyl (C=O) groups excluding carboxylic acids is 1. The molecule has 0 aliphatic carbocycles. The molecule has 0 unspecified atom stereocenters. The monoisotopic (exact) mass is 471 g/mol. The zero-order valence-corrected chi connectivity index (χ0v) is 20.1. The number of aryl methyl sites for hydroxylation is 2. The normalized spacial score (nSPS) is 19.6. The second-order valence-corrected chi connectivity index (χ2v) is 11.2. The molecule has 1 aromatic heterocycles. The highest BCUT2D eigenvalue weighted by molar-refractivity contribution is 7.89. The van der Waals surface area contributed by atoms with Gasteiger partial charge in [-0.2, -0.15) is 4.31 Å². The van der Waals surface area contributed by atoms with E-state index in [4.69, 9.17) is 4.42 Å². The smallest absolute Gasteiger partial charge is 0.408 e. The largest absolute Gasteiger partial charge is 0.420 e. The minimum absolute atomic E-state index is 0.0806. The van der Waals surface area contributed by atoms with Gasteiger partial charge in [-0.05, 0) is 61.4 Å². The van der Waals surface area contributed by atoms with Gasteiger partial charge in [-0.25, -0.2) is 13.2 Å². The highest BCUT2D eigenvalue weighted by Crippen LogP contribution is 2.28. The molecule has 1 fully saturated rings. The van der Waals surface area contributed by atoms with Gasteiger partial charge >= 0.3 is 5.76 Å². The minimum atomic E-state index is -3.71. The first-order chi connectivity index (χ1) is 15.5. The third-order valence-electron chi connectivity index (χ3n) is 6.08. The Balaban J connectivity index is 1.59. The van der Waals surface area contributed by atoms with Crippen LogP contribution in [-0.2, 0) is 21.4 Å². The van der Waals surface area contributed by atoms with Crippen LogP contribution >= 0.6 is 0 Å². The number of carbonyl (C=O) groups is 1.